The molecule has 0 aromatic heterocycles. The molecule has 1 heterocycles. The van der Waals surface area contributed by atoms with E-state index in [1.54, 1.807) is 0 Å². The fourth-order valence-electron chi connectivity index (χ4n) is 2.73. The number of nitrogens with two attached hydrogens (primary N) is 1. The number of hydrogen-bond acceptors (Lipinski definition) is 3. The van der Waals surface area contributed by atoms with Gasteiger partial charge < -0.3 is 5.73 Å². The van der Waals surface area contributed by atoms with Gasteiger partial charge in [0.2, 0.25) is 10.0 Å². The van der Waals surface area contributed by atoms with Crippen molar-refractivity contribution < 1.29 is 21.6 Å². The largest absolute Gasteiger partial charge is 0.416 e. The molecule has 0 bridgehead atoms. The van der Waals surface area contributed by atoms with Crippen molar-refractivity contribution in [1.29, 1.82) is 0 Å². The van der Waals surface area contributed by atoms with Gasteiger partial charge in [-0.2, -0.15) is 17.5 Å². The zero-order valence-electron chi connectivity index (χ0n) is 12.3. The van der Waals surface area contributed by atoms with Gasteiger partial charge in [-0.3, -0.25) is 0 Å². The van der Waals surface area contributed by atoms with Crippen LogP contribution in [0, 0.1) is 5.92 Å². The fourth-order valence-corrected chi connectivity index (χ4v) is 4.79. The van der Waals surface area contributed by atoms with Gasteiger partial charge in [0.05, 0.1) is 10.6 Å². The van der Waals surface area contributed by atoms with Gasteiger partial charge in [0.15, 0.2) is 0 Å². The second kappa shape index (κ2) is 6.96. The van der Waals surface area contributed by atoms with Gasteiger partial charge in [0.1, 0.15) is 4.90 Å². The molecule has 1 saturated heterocycles. The molecule has 1 unspecified atom stereocenters. The summed E-state index contributed by atoms with van der Waals surface area (Å²) in [6.07, 6.45) is -2.43. The monoisotopic (exact) mass is 370 g/mol. The van der Waals surface area contributed by atoms with E-state index in [0.29, 0.717) is 25.5 Å². The van der Waals surface area contributed by atoms with Crippen LogP contribution in [0.15, 0.2) is 23.1 Å². The molecule has 1 aliphatic heterocycles. The van der Waals surface area contributed by atoms with Crippen LogP contribution >= 0.6 is 11.6 Å². The lowest BCUT2D eigenvalue weighted by atomic mass is 9.96. The predicted octanol–water partition coefficient (Wildman–Crippen LogP) is 3.11. The topological polar surface area (TPSA) is 63.4 Å². The molecule has 0 radical (unpaired) electrons. The third kappa shape index (κ3) is 4.17. The second-order valence-corrected chi connectivity index (χ2v) is 7.91. The number of piperidine rings is 1. The van der Waals surface area contributed by atoms with E-state index in [0.717, 1.165) is 18.6 Å². The molecular weight excluding hydrogens is 353 g/mol. The van der Waals surface area contributed by atoms with Crippen LogP contribution in [-0.4, -0.2) is 32.4 Å². The highest BCUT2D eigenvalue weighted by molar-refractivity contribution is 7.89. The highest BCUT2D eigenvalue weighted by atomic mass is 35.5. The van der Waals surface area contributed by atoms with Gasteiger partial charge in [-0.1, -0.05) is 11.6 Å². The number of nitrogens with zero attached hydrogens (tertiary/aromatic N) is 1. The van der Waals surface area contributed by atoms with Crippen LogP contribution in [0.5, 0.6) is 0 Å². The van der Waals surface area contributed by atoms with E-state index in [1.807, 2.05) is 0 Å². The number of alkyl halides is 3. The Bertz CT molecular complexity index is 662. The first-order chi connectivity index (χ1) is 10.7. The van der Waals surface area contributed by atoms with Crippen LogP contribution < -0.4 is 5.73 Å². The molecule has 4 nitrogen and oxygen atoms in total. The van der Waals surface area contributed by atoms with Crippen molar-refractivity contribution in [2.45, 2.75) is 30.3 Å². The average Bonchev–Trinajstić information content (AvgIpc) is 2.47. The van der Waals surface area contributed by atoms with E-state index in [-0.39, 0.29) is 24.0 Å². The second-order valence-electron chi connectivity index (χ2n) is 5.59. The van der Waals surface area contributed by atoms with E-state index in [9.17, 15) is 21.6 Å². The maximum absolute atomic E-state index is 12.8. The van der Waals surface area contributed by atoms with Gasteiger partial charge in [-0.05, 0) is 49.9 Å². The minimum Gasteiger partial charge on any atom is -0.330 e. The summed E-state index contributed by atoms with van der Waals surface area (Å²) in [6, 6.07) is 2.34. The maximum Gasteiger partial charge on any atom is 0.416 e. The Morgan fingerprint density at radius 2 is 2.04 bits per heavy atom. The van der Waals surface area contributed by atoms with Gasteiger partial charge in [-0.25, -0.2) is 8.42 Å². The normalized spacial score (nSPS) is 20.7. The van der Waals surface area contributed by atoms with E-state index >= 15 is 0 Å². The van der Waals surface area contributed by atoms with Crippen molar-refractivity contribution in [2.24, 2.45) is 11.7 Å². The molecule has 130 valence electrons. The van der Waals surface area contributed by atoms with Crippen molar-refractivity contribution in [3.05, 3.63) is 28.8 Å². The number of hydrogen-bond donors (Lipinski definition) is 1. The van der Waals surface area contributed by atoms with Crippen LogP contribution in [0.2, 0.25) is 5.02 Å². The summed E-state index contributed by atoms with van der Waals surface area (Å²) in [5.41, 5.74) is 4.47. The molecule has 2 N–H and O–H groups in total. The van der Waals surface area contributed by atoms with Crippen LogP contribution in [0.3, 0.4) is 0 Å². The highest BCUT2D eigenvalue weighted by Crippen LogP contribution is 2.35. The highest BCUT2D eigenvalue weighted by Gasteiger charge is 2.35. The molecule has 2 rings (SSSR count). The lowest BCUT2D eigenvalue weighted by Crippen LogP contribution is -2.40. The summed E-state index contributed by atoms with van der Waals surface area (Å²) in [4.78, 5) is -0.498. The molecule has 0 saturated carbocycles. The third-order valence-electron chi connectivity index (χ3n) is 3.93. The molecule has 23 heavy (non-hydrogen) atoms. The predicted molar refractivity (Wildman–Crippen MR) is 81.6 cm³/mol. The summed E-state index contributed by atoms with van der Waals surface area (Å²) in [5, 5.41) is -0.209. The number of rotatable bonds is 4. The zero-order chi connectivity index (χ0) is 17.3. The Morgan fingerprint density at radius 1 is 1.35 bits per heavy atom. The lowest BCUT2D eigenvalue weighted by molar-refractivity contribution is -0.137. The zero-order valence-corrected chi connectivity index (χ0v) is 13.9. The molecule has 1 aromatic carbocycles. The number of sulfonamides is 1. The van der Waals surface area contributed by atoms with Gasteiger partial charge in [0, 0.05) is 13.1 Å². The van der Waals surface area contributed by atoms with E-state index in [2.05, 4.69) is 0 Å². The Hall–Kier alpha value is -0.830. The molecule has 0 aliphatic carbocycles. The third-order valence-corrected chi connectivity index (χ3v) is 6.28. The van der Waals surface area contributed by atoms with Crippen LogP contribution in [-0.2, 0) is 16.2 Å². The Balaban J connectivity index is 2.35. The number of halogens is 4. The number of benzene rings is 1. The first-order valence-electron chi connectivity index (χ1n) is 7.23. The molecular formula is C14H18ClF3N2O2S. The summed E-state index contributed by atoms with van der Waals surface area (Å²) >= 11 is 5.85. The lowest BCUT2D eigenvalue weighted by Gasteiger charge is -2.32. The van der Waals surface area contributed by atoms with Gasteiger partial charge in [-0.15, -0.1) is 0 Å². The molecule has 1 aliphatic rings. The van der Waals surface area contributed by atoms with Crippen molar-refractivity contribution >= 4 is 21.6 Å². The van der Waals surface area contributed by atoms with Gasteiger partial charge in [0.25, 0.3) is 0 Å². The van der Waals surface area contributed by atoms with E-state index in [4.69, 9.17) is 17.3 Å². The summed E-state index contributed by atoms with van der Waals surface area (Å²) in [6.45, 7) is 0.977. The molecule has 1 fully saturated rings. The molecule has 1 atom stereocenters. The van der Waals surface area contributed by atoms with E-state index in [1.165, 1.54) is 4.31 Å². The fraction of sp³-hybridized carbons (Fsp3) is 0.571. The standard InChI is InChI=1S/C14H18ClF3N2O2S/c15-12-4-3-11(14(16,17)18)8-13(12)23(21,22)20-7-1-2-10(9-20)5-6-19/h3-4,8,10H,1-2,5-7,9,19H2. The first kappa shape index (κ1) is 18.5. The average molecular weight is 371 g/mol. The summed E-state index contributed by atoms with van der Waals surface area (Å²) < 4.78 is 65.0. The summed E-state index contributed by atoms with van der Waals surface area (Å²) in [5.74, 6) is 0.119. The quantitative estimate of drug-likeness (QED) is 0.885. The Morgan fingerprint density at radius 3 is 2.65 bits per heavy atom. The molecule has 0 amide bonds. The van der Waals surface area contributed by atoms with Crippen LogP contribution in [0.25, 0.3) is 0 Å². The smallest absolute Gasteiger partial charge is 0.330 e. The first-order valence-corrected chi connectivity index (χ1v) is 9.05. The Kier molecular flexibility index (Phi) is 5.60. The van der Waals surface area contributed by atoms with Crippen molar-refractivity contribution in [3.63, 3.8) is 0 Å². The molecule has 9 heteroatoms. The minimum atomic E-state index is -4.63. The SMILES string of the molecule is NCCC1CCCN(S(=O)(=O)c2cc(C(F)(F)F)ccc2Cl)C1. The van der Waals surface area contributed by atoms with Crippen molar-refractivity contribution in [1.82, 2.24) is 4.31 Å². The minimum absolute atomic E-state index is 0.119. The summed E-state index contributed by atoms with van der Waals surface area (Å²) in [7, 11) is -4.07. The maximum atomic E-state index is 12.8. The molecule has 0 spiro atoms. The van der Waals surface area contributed by atoms with Gasteiger partial charge >= 0.3 is 6.18 Å². The molecule has 1 aromatic rings. The van der Waals surface area contributed by atoms with Crippen molar-refractivity contribution in [3.8, 4) is 0 Å². The van der Waals surface area contributed by atoms with Crippen LogP contribution in [0.4, 0.5) is 13.2 Å². The van der Waals surface area contributed by atoms with Crippen LogP contribution in [0.1, 0.15) is 24.8 Å². The Labute approximate surface area is 138 Å². The van der Waals surface area contributed by atoms with E-state index < -0.39 is 26.7 Å². The van der Waals surface area contributed by atoms with Crippen molar-refractivity contribution in [2.75, 3.05) is 19.6 Å².